The molecule has 0 saturated carbocycles. The average molecular weight is 575 g/mol. The van der Waals surface area contributed by atoms with Gasteiger partial charge in [-0.1, -0.05) is 53.6 Å². The predicted octanol–water partition coefficient (Wildman–Crippen LogP) is 8.46. The number of aromatic nitrogens is 3. The predicted molar refractivity (Wildman–Crippen MR) is 167 cm³/mol. The number of hydrogen-bond donors (Lipinski definition) is 2. The first kappa shape index (κ1) is 25.9. The summed E-state index contributed by atoms with van der Waals surface area (Å²) in [5.74, 6) is 0.973. The van der Waals surface area contributed by atoms with Crippen molar-refractivity contribution in [1.82, 2.24) is 14.2 Å². The molecule has 0 bridgehead atoms. The molecule has 0 aliphatic carbocycles. The average Bonchev–Trinajstić information content (AvgIpc) is 3.32. The highest BCUT2D eigenvalue weighted by atomic mass is 35.5. The van der Waals surface area contributed by atoms with Gasteiger partial charge >= 0.3 is 0 Å². The van der Waals surface area contributed by atoms with E-state index in [9.17, 15) is 0 Å². The van der Waals surface area contributed by atoms with E-state index in [0.717, 1.165) is 70.5 Å². The van der Waals surface area contributed by atoms with Crippen LogP contribution in [0.4, 0.5) is 11.4 Å². The van der Waals surface area contributed by atoms with Gasteiger partial charge in [0.2, 0.25) is 0 Å². The van der Waals surface area contributed by atoms with Gasteiger partial charge in [-0.05, 0) is 98.3 Å². The summed E-state index contributed by atoms with van der Waals surface area (Å²) < 4.78 is 4.41. The molecule has 8 heteroatoms. The molecule has 0 amide bonds. The summed E-state index contributed by atoms with van der Waals surface area (Å²) >= 11 is 18.5. The Morgan fingerprint density at radius 1 is 0.897 bits per heavy atom. The summed E-state index contributed by atoms with van der Waals surface area (Å²) in [5.41, 5.74) is 9.96. The number of halogens is 2. The maximum absolute atomic E-state index is 6.27. The number of anilines is 2. The maximum atomic E-state index is 6.27. The van der Waals surface area contributed by atoms with Gasteiger partial charge in [0.05, 0.1) is 6.54 Å². The van der Waals surface area contributed by atoms with Crippen molar-refractivity contribution in [2.45, 2.75) is 46.2 Å². The Labute approximate surface area is 243 Å². The Balaban J connectivity index is 1.48. The van der Waals surface area contributed by atoms with E-state index in [4.69, 9.17) is 40.5 Å². The van der Waals surface area contributed by atoms with Crippen LogP contribution < -0.4 is 10.6 Å². The van der Waals surface area contributed by atoms with E-state index in [-0.39, 0.29) is 0 Å². The largest absolute Gasteiger partial charge is 0.378 e. The van der Waals surface area contributed by atoms with Crippen molar-refractivity contribution >= 4 is 57.4 Å². The number of hydrogen-bond acceptors (Lipinski definition) is 3. The van der Waals surface area contributed by atoms with Crippen LogP contribution in [0.2, 0.25) is 10.0 Å². The van der Waals surface area contributed by atoms with Gasteiger partial charge in [-0.2, -0.15) is 5.10 Å². The summed E-state index contributed by atoms with van der Waals surface area (Å²) in [6.07, 6.45) is 3.15. The Morgan fingerprint density at radius 2 is 1.59 bits per heavy atom. The van der Waals surface area contributed by atoms with E-state index in [1.165, 1.54) is 16.7 Å². The van der Waals surface area contributed by atoms with Crippen LogP contribution >= 0.6 is 35.4 Å². The summed E-state index contributed by atoms with van der Waals surface area (Å²) in [7, 11) is 0. The molecule has 2 aromatic heterocycles. The zero-order chi connectivity index (χ0) is 27.1. The molecule has 1 aliphatic rings. The third kappa shape index (κ3) is 5.05. The third-order valence-corrected chi connectivity index (χ3v) is 8.27. The summed E-state index contributed by atoms with van der Waals surface area (Å²) in [5, 5.41) is 13.6. The minimum Gasteiger partial charge on any atom is -0.378 e. The molecule has 0 atom stereocenters. The van der Waals surface area contributed by atoms with Gasteiger partial charge < -0.3 is 15.2 Å². The van der Waals surface area contributed by atoms with Crippen LogP contribution in [0.1, 0.15) is 41.1 Å². The highest BCUT2D eigenvalue weighted by molar-refractivity contribution is 7.81. The Morgan fingerprint density at radius 3 is 2.31 bits per heavy atom. The Bertz CT molecular complexity index is 1680. The molecule has 6 rings (SSSR count). The summed E-state index contributed by atoms with van der Waals surface area (Å²) in [6.45, 7) is 5.73. The second-order valence-corrected chi connectivity index (χ2v) is 11.4. The lowest BCUT2D eigenvalue weighted by atomic mass is 9.98. The summed E-state index contributed by atoms with van der Waals surface area (Å²) in [6, 6.07) is 22.1. The molecular weight excluding hydrogens is 545 g/mol. The molecular formula is C31H29Cl2N5S. The third-order valence-electron chi connectivity index (χ3n) is 7.47. The van der Waals surface area contributed by atoms with E-state index in [2.05, 4.69) is 63.9 Å². The molecule has 0 unspecified atom stereocenters. The topological polar surface area (TPSA) is 46.3 Å². The van der Waals surface area contributed by atoms with E-state index in [1.54, 1.807) is 0 Å². The molecule has 1 aliphatic heterocycles. The number of rotatable bonds is 6. The highest BCUT2D eigenvalue weighted by Gasteiger charge is 2.29. The first-order valence-electron chi connectivity index (χ1n) is 13.2. The van der Waals surface area contributed by atoms with Gasteiger partial charge in [0.25, 0.3) is 0 Å². The van der Waals surface area contributed by atoms with Crippen molar-refractivity contribution in [3.8, 4) is 11.1 Å². The lowest BCUT2D eigenvalue weighted by Crippen LogP contribution is -2.15. The Kier molecular flexibility index (Phi) is 7.10. The smallest absolute Gasteiger partial charge is 0.150 e. The fraction of sp³-hybridized carbons (Fsp3) is 0.226. The first-order valence-corrected chi connectivity index (χ1v) is 14.3. The van der Waals surface area contributed by atoms with Gasteiger partial charge in [0.1, 0.15) is 16.3 Å². The molecule has 5 aromatic rings. The SMILES string of the molecule is Cc1ccc(NC(=S)c2c(-c3ccc(Cl)cc3)c3c4n(c(CNc5ccc(Cl)cc5)nn24)CCCC3)cc1C. The van der Waals surface area contributed by atoms with E-state index >= 15 is 0 Å². The number of thiocarbonyl (C=S) groups is 1. The number of nitrogens with zero attached hydrogens (tertiary/aromatic N) is 3. The molecule has 5 nitrogen and oxygen atoms in total. The monoisotopic (exact) mass is 573 g/mol. The second-order valence-electron chi connectivity index (χ2n) is 10.1. The first-order chi connectivity index (χ1) is 18.9. The van der Waals surface area contributed by atoms with Crippen LogP contribution in [0.25, 0.3) is 16.8 Å². The molecule has 39 heavy (non-hydrogen) atoms. The van der Waals surface area contributed by atoms with Crippen molar-refractivity contribution in [1.29, 1.82) is 0 Å². The van der Waals surface area contributed by atoms with Crippen molar-refractivity contribution in [3.05, 3.63) is 105 Å². The fourth-order valence-electron chi connectivity index (χ4n) is 5.33. The minimum atomic E-state index is 0.593. The number of aryl methyl sites for hydroxylation is 4. The fourth-order valence-corrected chi connectivity index (χ4v) is 5.89. The van der Waals surface area contributed by atoms with Crippen molar-refractivity contribution < 1.29 is 0 Å². The molecule has 3 heterocycles. The van der Waals surface area contributed by atoms with Crippen LogP contribution in [-0.2, 0) is 19.5 Å². The van der Waals surface area contributed by atoms with Crippen molar-refractivity contribution in [2.75, 3.05) is 10.6 Å². The molecule has 0 radical (unpaired) electrons. The van der Waals surface area contributed by atoms with E-state index in [0.29, 0.717) is 16.6 Å². The minimum absolute atomic E-state index is 0.593. The zero-order valence-corrected chi connectivity index (χ0v) is 24.2. The van der Waals surface area contributed by atoms with Crippen LogP contribution in [0.3, 0.4) is 0 Å². The van der Waals surface area contributed by atoms with Crippen molar-refractivity contribution in [2.24, 2.45) is 0 Å². The van der Waals surface area contributed by atoms with Gasteiger partial charge in [0.15, 0.2) is 5.82 Å². The van der Waals surface area contributed by atoms with Crippen LogP contribution in [0.15, 0.2) is 66.7 Å². The lowest BCUT2D eigenvalue weighted by Gasteiger charge is -2.13. The van der Waals surface area contributed by atoms with Gasteiger partial charge in [0, 0.05) is 39.1 Å². The summed E-state index contributed by atoms with van der Waals surface area (Å²) in [4.78, 5) is 0.645. The van der Waals surface area contributed by atoms with Gasteiger partial charge in [-0.3, -0.25) is 0 Å². The van der Waals surface area contributed by atoms with Crippen LogP contribution in [0.5, 0.6) is 0 Å². The van der Waals surface area contributed by atoms with Gasteiger partial charge in [-0.15, -0.1) is 0 Å². The molecule has 0 spiro atoms. The Hall–Kier alpha value is -3.32. The van der Waals surface area contributed by atoms with Crippen molar-refractivity contribution in [3.63, 3.8) is 0 Å². The molecule has 3 aromatic carbocycles. The zero-order valence-electron chi connectivity index (χ0n) is 21.9. The van der Waals surface area contributed by atoms with E-state index < -0.39 is 0 Å². The maximum Gasteiger partial charge on any atom is 0.150 e. The standard InChI is InChI=1S/C31H29Cl2N5S/c1-19-6-13-25(17-20(19)2)35-30(39)29-28(21-7-9-22(32)10-8-21)26-5-3-4-16-37-27(36-38(29)31(26)37)18-34-24-14-11-23(33)12-15-24/h6-15,17,34H,3-5,16,18H2,1-2H3,(H,35,39). The normalized spacial score (nSPS) is 12.9. The number of benzene rings is 3. The second kappa shape index (κ2) is 10.7. The molecule has 2 N–H and O–H groups in total. The number of nitrogens with one attached hydrogen (secondary N) is 2. The lowest BCUT2D eigenvalue weighted by molar-refractivity contribution is 0.619. The van der Waals surface area contributed by atoms with Crippen LogP contribution in [-0.4, -0.2) is 19.2 Å². The van der Waals surface area contributed by atoms with Gasteiger partial charge in [-0.25, -0.2) is 4.52 Å². The van der Waals surface area contributed by atoms with E-state index in [1.807, 2.05) is 36.4 Å². The van der Waals surface area contributed by atoms with Crippen LogP contribution in [0, 0.1) is 13.8 Å². The molecule has 0 fully saturated rings. The molecule has 198 valence electrons. The highest BCUT2D eigenvalue weighted by Crippen LogP contribution is 2.38. The quantitative estimate of drug-likeness (QED) is 0.200. The molecule has 0 saturated heterocycles.